The number of hydrogen-bond acceptors (Lipinski definition) is 21. The van der Waals surface area contributed by atoms with Crippen LogP contribution in [0, 0.1) is 32.5 Å². The van der Waals surface area contributed by atoms with Gasteiger partial charge in [-0.2, -0.15) is 0 Å². The van der Waals surface area contributed by atoms with Gasteiger partial charge in [-0.3, -0.25) is 19.2 Å². The highest BCUT2D eigenvalue weighted by Crippen LogP contribution is 2.24. The van der Waals surface area contributed by atoms with Gasteiger partial charge in [-0.1, -0.05) is 83.1 Å². The lowest BCUT2D eigenvalue weighted by molar-refractivity contribution is -0.149. The van der Waals surface area contributed by atoms with Gasteiger partial charge in [0.1, 0.15) is 19.0 Å². The number of amides is 2. The molecule has 23 nitrogen and oxygen atoms in total. The molecule has 508 valence electrons. The number of rotatable bonds is 58. The predicted molar refractivity (Wildman–Crippen MR) is 326 cm³/mol. The second-order valence-electron chi connectivity index (χ2n) is 26.7. The number of esters is 2. The SMILES string of the molecule is CC(=O)CCC(=O)OCCOCC(COCCOCCNC(=O)CCC(=O)OCCOCC(COCCOCCNC(C)=O)(COCCOCCC(C)(C)C)COCCOCC(C)(C)C)(COCCOCCC(C)(C)C)COCCOCC(C)(C)C. The zero-order valence-corrected chi connectivity index (χ0v) is 55.9. The van der Waals surface area contributed by atoms with E-state index >= 15 is 0 Å². The Balaban J connectivity index is 5.33. The Morgan fingerprint density at radius 1 is 0.279 bits per heavy atom. The monoisotopic (exact) mass is 1240 g/mol. The zero-order valence-electron chi connectivity index (χ0n) is 55.9. The van der Waals surface area contributed by atoms with Crippen molar-refractivity contribution in [3.8, 4) is 0 Å². The Hall–Kier alpha value is -3.01. The third kappa shape index (κ3) is 57.4. The van der Waals surface area contributed by atoms with E-state index in [1.165, 1.54) is 13.8 Å². The van der Waals surface area contributed by atoms with Crippen LogP contribution in [0.15, 0.2) is 0 Å². The number of nitrogens with one attached hydrogen (secondary N) is 2. The Labute approximate surface area is 517 Å². The van der Waals surface area contributed by atoms with E-state index in [4.69, 9.17) is 75.8 Å². The van der Waals surface area contributed by atoms with Crippen LogP contribution in [-0.2, 0) is 99.8 Å². The maximum atomic E-state index is 12.7. The Morgan fingerprint density at radius 3 is 0.837 bits per heavy atom. The van der Waals surface area contributed by atoms with Crippen molar-refractivity contribution < 1.29 is 99.8 Å². The van der Waals surface area contributed by atoms with E-state index in [0.717, 1.165) is 12.8 Å². The molecule has 2 amide bonds. The van der Waals surface area contributed by atoms with Crippen molar-refractivity contribution in [3.63, 3.8) is 0 Å². The summed E-state index contributed by atoms with van der Waals surface area (Å²) in [5.41, 5.74) is -1.18. The van der Waals surface area contributed by atoms with Gasteiger partial charge in [-0.25, -0.2) is 0 Å². The summed E-state index contributed by atoms with van der Waals surface area (Å²) in [5.74, 6) is -1.56. The molecule has 86 heavy (non-hydrogen) atoms. The third-order valence-corrected chi connectivity index (χ3v) is 12.0. The number of ether oxygens (including phenoxy) is 16. The van der Waals surface area contributed by atoms with Gasteiger partial charge in [0.25, 0.3) is 0 Å². The van der Waals surface area contributed by atoms with Crippen molar-refractivity contribution >= 4 is 29.5 Å². The molecule has 0 aromatic rings. The summed E-state index contributed by atoms with van der Waals surface area (Å²) in [7, 11) is 0. The zero-order chi connectivity index (χ0) is 64.5. The van der Waals surface area contributed by atoms with Gasteiger partial charge < -0.3 is 91.2 Å². The molecule has 0 radical (unpaired) electrons. The molecule has 0 saturated carbocycles. The highest BCUT2D eigenvalue weighted by Gasteiger charge is 2.34. The van der Waals surface area contributed by atoms with Gasteiger partial charge >= 0.3 is 11.9 Å². The number of carbonyl (C=O) groups excluding carboxylic acids is 5. The molecule has 0 aromatic carbocycles. The highest BCUT2D eigenvalue weighted by molar-refractivity contribution is 5.81. The van der Waals surface area contributed by atoms with Crippen molar-refractivity contribution in [2.24, 2.45) is 32.5 Å². The van der Waals surface area contributed by atoms with Gasteiger partial charge in [0.2, 0.25) is 11.8 Å². The van der Waals surface area contributed by atoms with Crippen molar-refractivity contribution in [1.29, 1.82) is 0 Å². The molecule has 0 aliphatic carbocycles. The average molecular weight is 1240 g/mol. The Morgan fingerprint density at radius 2 is 0.547 bits per heavy atom. The van der Waals surface area contributed by atoms with Crippen LogP contribution in [0.2, 0.25) is 0 Å². The molecule has 2 N–H and O–H groups in total. The fraction of sp³-hybridized carbons (Fsp3) is 0.921. The van der Waals surface area contributed by atoms with E-state index in [0.29, 0.717) is 99.0 Å². The summed E-state index contributed by atoms with van der Waals surface area (Å²) < 4.78 is 94.4. The van der Waals surface area contributed by atoms with E-state index in [1.54, 1.807) is 0 Å². The average Bonchev–Trinajstić information content (AvgIpc) is 3.53. The van der Waals surface area contributed by atoms with Crippen LogP contribution in [0.1, 0.15) is 135 Å². The van der Waals surface area contributed by atoms with Crippen LogP contribution >= 0.6 is 0 Å². The first-order valence-corrected chi connectivity index (χ1v) is 31.0. The number of ketones is 1. The molecule has 2 atom stereocenters. The van der Waals surface area contributed by atoms with Gasteiger partial charge in [0, 0.05) is 46.1 Å². The largest absolute Gasteiger partial charge is 0.463 e. The lowest BCUT2D eigenvalue weighted by Crippen LogP contribution is -2.43. The minimum atomic E-state index is -0.764. The maximum absolute atomic E-state index is 12.7. The molecule has 0 aliphatic heterocycles. The maximum Gasteiger partial charge on any atom is 0.306 e. The molecular formula is C63H120N2O21. The van der Waals surface area contributed by atoms with Crippen LogP contribution in [0.4, 0.5) is 0 Å². The summed E-state index contributed by atoms with van der Waals surface area (Å²) in [5, 5.41) is 5.47. The summed E-state index contributed by atoms with van der Waals surface area (Å²) in [6.07, 6.45) is 1.77. The first-order chi connectivity index (χ1) is 40.6. The van der Waals surface area contributed by atoms with Crippen molar-refractivity contribution in [2.75, 3.05) is 211 Å². The molecule has 0 saturated heterocycles. The second-order valence-corrected chi connectivity index (χ2v) is 26.7. The van der Waals surface area contributed by atoms with E-state index in [2.05, 4.69) is 93.7 Å². The molecule has 0 heterocycles. The summed E-state index contributed by atoms with van der Waals surface area (Å²) in [6.45, 7) is 38.0. The molecule has 0 fully saturated rings. The first-order valence-electron chi connectivity index (χ1n) is 31.0. The van der Waals surface area contributed by atoms with Crippen LogP contribution < -0.4 is 10.6 Å². The lowest BCUT2D eigenvalue weighted by atomic mass is 9.92. The van der Waals surface area contributed by atoms with Crippen molar-refractivity contribution in [2.45, 2.75) is 135 Å². The minimum absolute atomic E-state index is 0.0100. The van der Waals surface area contributed by atoms with Crippen molar-refractivity contribution in [3.05, 3.63) is 0 Å². The fourth-order valence-corrected chi connectivity index (χ4v) is 7.16. The minimum Gasteiger partial charge on any atom is -0.463 e. The first kappa shape index (κ1) is 83.0. The predicted octanol–water partition coefficient (Wildman–Crippen LogP) is 6.64. The normalized spacial score (nSPS) is 13.7. The van der Waals surface area contributed by atoms with E-state index in [1.807, 2.05) is 0 Å². The van der Waals surface area contributed by atoms with Crippen LogP contribution in [0.3, 0.4) is 0 Å². The quantitative estimate of drug-likeness (QED) is 0.0477. The van der Waals surface area contributed by atoms with Gasteiger partial charge in [-0.05, 0) is 41.4 Å². The molecule has 0 aromatic heterocycles. The topological polar surface area (TPSA) is 257 Å². The summed E-state index contributed by atoms with van der Waals surface area (Å²) in [4.78, 5) is 60.0. The van der Waals surface area contributed by atoms with Crippen molar-refractivity contribution in [1.82, 2.24) is 10.6 Å². The van der Waals surface area contributed by atoms with E-state index in [9.17, 15) is 24.0 Å². The van der Waals surface area contributed by atoms with Crippen LogP contribution in [-0.4, -0.2) is 241 Å². The highest BCUT2D eigenvalue weighted by atomic mass is 16.6. The third-order valence-electron chi connectivity index (χ3n) is 12.0. The van der Waals surface area contributed by atoms with Gasteiger partial charge in [0.05, 0.1) is 195 Å². The number of hydrogen-bond donors (Lipinski definition) is 2. The molecule has 0 aliphatic rings. The lowest BCUT2D eigenvalue weighted by Gasteiger charge is -2.33. The molecular weight excluding hydrogens is 1120 g/mol. The Kier molecular flexibility index (Phi) is 48.0. The smallest absolute Gasteiger partial charge is 0.306 e. The molecule has 23 heteroatoms. The Bertz CT molecular complexity index is 1710. The van der Waals surface area contributed by atoms with E-state index in [-0.39, 0.29) is 177 Å². The molecule has 0 spiro atoms. The van der Waals surface area contributed by atoms with Crippen LogP contribution in [0.25, 0.3) is 0 Å². The van der Waals surface area contributed by atoms with E-state index < -0.39 is 22.8 Å². The number of carbonyl (C=O) groups is 5. The number of Topliss-reactive ketones (excluding diaryl/α,β-unsaturated/α-hetero) is 1. The molecule has 0 bridgehead atoms. The van der Waals surface area contributed by atoms with Gasteiger partial charge in [-0.15, -0.1) is 0 Å². The standard InChI is InChI=1S/C63H120N2O21/c1-53(66)15-17-56(69)85-41-39-83-51-63(50-82-38-36-76-44-61(12,13)14,46-78-32-28-72-24-20-59(6,7)8)48-80-34-30-74-26-22-65-55(68)16-18-57(70)86-42-40-84-52-62(49-81-37-35-75-43-60(9,10)11,45-77-31-27-71-23-19-58(3,4)5)47-79-33-29-73-25-21-64-54(2)67/h15-52H2,1-14H3,(H,64,67)(H,65,68). The summed E-state index contributed by atoms with van der Waals surface area (Å²) in [6, 6.07) is 0. The summed E-state index contributed by atoms with van der Waals surface area (Å²) >= 11 is 0. The van der Waals surface area contributed by atoms with Gasteiger partial charge in [0.15, 0.2) is 0 Å². The fourth-order valence-electron chi connectivity index (χ4n) is 7.16. The second kappa shape index (κ2) is 49.7. The van der Waals surface area contributed by atoms with Crippen LogP contribution in [0.5, 0.6) is 0 Å². The molecule has 2 unspecified atom stereocenters. The molecule has 0 rings (SSSR count).